The van der Waals surface area contributed by atoms with E-state index in [0.717, 1.165) is 23.6 Å². The Kier molecular flexibility index (Phi) is 5.61. The molecule has 10 heteroatoms. The molecule has 0 unspecified atom stereocenters. The molecule has 1 N–H and O–H groups in total. The quantitative estimate of drug-likeness (QED) is 0.842. The van der Waals surface area contributed by atoms with Crippen LogP contribution in [-0.2, 0) is 12.7 Å². The molecule has 146 valence electrons. The van der Waals surface area contributed by atoms with Crippen LogP contribution in [0.1, 0.15) is 17.0 Å². The molecule has 1 aliphatic heterocycles. The number of rotatable bonds is 3. The number of nitrogens with zero attached hydrogens (tertiary/aromatic N) is 3. The summed E-state index contributed by atoms with van der Waals surface area (Å²) < 4.78 is 43.9. The molecule has 2 amide bonds. The lowest BCUT2D eigenvalue weighted by Crippen LogP contribution is -2.49. The fourth-order valence-corrected chi connectivity index (χ4v) is 3.07. The summed E-state index contributed by atoms with van der Waals surface area (Å²) in [7, 11) is 0. The van der Waals surface area contributed by atoms with Crippen LogP contribution < -0.4 is 5.32 Å². The van der Waals surface area contributed by atoms with E-state index in [2.05, 4.69) is 15.4 Å². The number of carbonyl (C=O) groups is 1. The maximum absolute atomic E-state index is 12.9. The highest BCUT2D eigenvalue weighted by Crippen LogP contribution is 2.36. The van der Waals surface area contributed by atoms with Gasteiger partial charge in [0.15, 0.2) is 5.76 Å². The van der Waals surface area contributed by atoms with Gasteiger partial charge in [0.25, 0.3) is 0 Å². The van der Waals surface area contributed by atoms with E-state index in [-0.39, 0.29) is 5.69 Å². The number of carbonyl (C=O) groups excluding carboxylic acids is 1. The van der Waals surface area contributed by atoms with Crippen molar-refractivity contribution in [3.63, 3.8) is 0 Å². The Morgan fingerprint density at radius 2 is 1.96 bits per heavy atom. The average Bonchev–Trinajstić information content (AvgIpc) is 3.01. The van der Waals surface area contributed by atoms with Gasteiger partial charge in [0, 0.05) is 37.9 Å². The molecule has 27 heavy (non-hydrogen) atoms. The van der Waals surface area contributed by atoms with Crippen molar-refractivity contribution in [1.29, 1.82) is 0 Å². The number of benzene rings is 1. The number of alkyl halides is 3. The van der Waals surface area contributed by atoms with E-state index in [4.69, 9.17) is 16.1 Å². The van der Waals surface area contributed by atoms with E-state index >= 15 is 0 Å². The van der Waals surface area contributed by atoms with Crippen molar-refractivity contribution in [2.75, 3.05) is 31.5 Å². The Hall–Kier alpha value is -2.26. The smallest absolute Gasteiger partial charge is 0.360 e. The van der Waals surface area contributed by atoms with E-state index < -0.39 is 22.8 Å². The van der Waals surface area contributed by atoms with E-state index in [1.165, 1.54) is 6.07 Å². The van der Waals surface area contributed by atoms with E-state index in [1.54, 1.807) is 4.90 Å². The van der Waals surface area contributed by atoms with Gasteiger partial charge in [0.1, 0.15) is 0 Å². The lowest BCUT2D eigenvalue weighted by Gasteiger charge is -2.34. The Bertz CT molecular complexity index is 817. The van der Waals surface area contributed by atoms with Gasteiger partial charge in [-0.2, -0.15) is 13.2 Å². The normalized spacial score (nSPS) is 15.8. The van der Waals surface area contributed by atoms with Gasteiger partial charge in [-0.3, -0.25) is 4.90 Å². The van der Waals surface area contributed by atoms with Crippen molar-refractivity contribution in [1.82, 2.24) is 15.0 Å². The average molecular weight is 403 g/mol. The molecule has 0 radical (unpaired) electrons. The highest BCUT2D eigenvalue weighted by Gasteiger charge is 2.33. The lowest BCUT2D eigenvalue weighted by atomic mass is 10.2. The predicted molar refractivity (Wildman–Crippen MR) is 93.6 cm³/mol. The first kappa shape index (κ1) is 19.5. The number of nitrogens with one attached hydrogen (secondary N) is 1. The van der Waals surface area contributed by atoms with Crippen molar-refractivity contribution >= 4 is 23.3 Å². The molecule has 1 aliphatic rings. The molecular formula is C17H18ClF3N4O2. The fraction of sp³-hybridized carbons (Fsp3) is 0.412. The Balaban J connectivity index is 1.55. The van der Waals surface area contributed by atoms with E-state index in [9.17, 15) is 18.0 Å². The molecule has 1 saturated heterocycles. The highest BCUT2D eigenvalue weighted by molar-refractivity contribution is 6.31. The largest absolute Gasteiger partial charge is 0.417 e. The summed E-state index contributed by atoms with van der Waals surface area (Å²) in [5.41, 5.74) is -0.116. The van der Waals surface area contributed by atoms with Crippen molar-refractivity contribution in [2.45, 2.75) is 19.6 Å². The molecule has 0 aliphatic carbocycles. The number of aromatic nitrogens is 1. The minimum Gasteiger partial charge on any atom is -0.360 e. The van der Waals surface area contributed by atoms with E-state index in [0.29, 0.717) is 32.7 Å². The SMILES string of the molecule is Cc1cc(CN2CCN(C(=O)Nc3ccc(Cl)c(C(F)(F)F)c3)CC2)on1. The Morgan fingerprint density at radius 3 is 2.56 bits per heavy atom. The number of hydrogen-bond acceptors (Lipinski definition) is 4. The summed E-state index contributed by atoms with van der Waals surface area (Å²) >= 11 is 5.59. The molecule has 1 fully saturated rings. The summed E-state index contributed by atoms with van der Waals surface area (Å²) in [6.07, 6.45) is -4.58. The number of halogens is 4. The summed E-state index contributed by atoms with van der Waals surface area (Å²) in [5, 5.41) is 5.93. The number of hydrogen-bond donors (Lipinski definition) is 1. The first-order valence-corrected chi connectivity index (χ1v) is 8.67. The summed E-state index contributed by atoms with van der Waals surface area (Å²) in [6.45, 7) is 4.61. The third-order valence-corrected chi connectivity index (χ3v) is 4.57. The van der Waals surface area contributed by atoms with Gasteiger partial charge < -0.3 is 14.7 Å². The Morgan fingerprint density at radius 1 is 1.26 bits per heavy atom. The minimum atomic E-state index is -4.58. The van der Waals surface area contributed by atoms with Crippen LogP contribution in [0.4, 0.5) is 23.7 Å². The van der Waals surface area contributed by atoms with Gasteiger partial charge in [-0.15, -0.1) is 0 Å². The van der Waals surface area contributed by atoms with Crippen molar-refractivity contribution < 1.29 is 22.5 Å². The molecule has 1 aromatic carbocycles. The van der Waals surface area contributed by atoms with Crippen molar-refractivity contribution in [3.05, 3.63) is 46.3 Å². The van der Waals surface area contributed by atoms with Gasteiger partial charge in [0.05, 0.1) is 22.8 Å². The maximum atomic E-state index is 12.9. The molecule has 3 rings (SSSR count). The van der Waals surface area contributed by atoms with Crippen molar-refractivity contribution in [2.24, 2.45) is 0 Å². The van der Waals surface area contributed by atoms with Gasteiger partial charge >= 0.3 is 12.2 Å². The molecule has 1 aromatic heterocycles. The van der Waals surface area contributed by atoms with Crippen LogP contribution in [0.5, 0.6) is 0 Å². The van der Waals surface area contributed by atoms with Crippen LogP contribution in [0.2, 0.25) is 5.02 Å². The number of piperazine rings is 1. The fourth-order valence-electron chi connectivity index (χ4n) is 2.84. The van der Waals surface area contributed by atoms with Crippen LogP contribution in [0, 0.1) is 6.92 Å². The second-order valence-corrected chi connectivity index (χ2v) is 6.73. The third kappa shape index (κ3) is 4.92. The first-order valence-electron chi connectivity index (χ1n) is 8.29. The van der Waals surface area contributed by atoms with E-state index in [1.807, 2.05) is 13.0 Å². The second-order valence-electron chi connectivity index (χ2n) is 6.32. The van der Waals surface area contributed by atoms with Crippen LogP contribution >= 0.6 is 11.6 Å². The first-order chi connectivity index (χ1) is 12.7. The van der Waals surface area contributed by atoms with Gasteiger partial charge in [-0.05, 0) is 25.1 Å². The van der Waals surface area contributed by atoms with Crippen LogP contribution in [0.15, 0.2) is 28.8 Å². The molecule has 0 atom stereocenters. The minimum absolute atomic E-state index is 0.0521. The van der Waals surface area contributed by atoms with Gasteiger partial charge in [-0.25, -0.2) is 4.79 Å². The van der Waals surface area contributed by atoms with Crippen LogP contribution in [0.25, 0.3) is 0 Å². The van der Waals surface area contributed by atoms with Crippen LogP contribution in [0.3, 0.4) is 0 Å². The summed E-state index contributed by atoms with van der Waals surface area (Å²) in [6, 6.07) is 4.72. The predicted octanol–water partition coefficient (Wildman–Crippen LogP) is 4.00. The maximum Gasteiger partial charge on any atom is 0.417 e. The van der Waals surface area contributed by atoms with Crippen molar-refractivity contribution in [3.8, 4) is 0 Å². The highest BCUT2D eigenvalue weighted by atomic mass is 35.5. The molecule has 2 heterocycles. The number of amides is 2. The lowest BCUT2D eigenvalue weighted by molar-refractivity contribution is -0.137. The molecule has 0 bridgehead atoms. The zero-order valence-electron chi connectivity index (χ0n) is 14.5. The molecule has 6 nitrogen and oxygen atoms in total. The van der Waals surface area contributed by atoms with Gasteiger partial charge in [0.2, 0.25) is 0 Å². The second kappa shape index (κ2) is 7.77. The third-order valence-electron chi connectivity index (χ3n) is 4.24. The summed E-state index contributed by atoms with van der Waals surface area (Å²) in [4.78, 5) is 16.0. The number of aryl methyl sites for hydroxylation is 1. The molecule has 2 aromatic rings. The Labute approximate surface area is 158 Å². The van der Waals surface area contributed by atoms with Crippen LogP contribution in [-0.4, -0.2) is 47.2 Å². The molecule has 0 saturated carbocycles. The summed E-state index contributed by atoms with van der Waals surface area (Å²) in [5.74, 6) is 0.756. The topological polar surface area (TPSA) is 61.6 Å². The standard InChI is InChI=1S/C17H18ClF3N4O2/c1-11-8-13(27-23-11)10-24-4-6-25(7-5-24)16(26)22-12-2-3-15(18)14(9-12)17(19,20)21/h2-3,8-9H,4-7,10H2,1H3,(H,22,26). The zero-order valence-corrected chi connectivity index (χ0v) is 15.3. The molecule has 0 spiro atoms. The van der Waals surface area contributed by atoms with Gasteiger partial charge in [-0.1, -0.05) is 16.8 Å². The number of anilines is 1. The number of urea groups is 1. The zero-order chi connectivity index (χ0) is 19.6. The molecular weight excluding hydrogens is 385 g/mol. The monoisotopic (exact) mass is 402 g/mol.